The Balaban J connectivity index is 2.57. The molecule has 0 atom stereocenters. The van der Waals surface area contributed by atoms with Gasteiger partial charge >= 0.3 is 0 Å². The van der Waals surface area contributed by atoms with Crippen LogP contribution in [0.25, 0.3) is 0 Å². The highest BCUT2D eigenvalue weighted by Gasteiger charge is 2.06. The normalized spacial score (nSPS) is 10.7. The summed E-state index contributed by atoms with van der Waals surface area (Å²) in [7, 11) is 0. The summed E-state index contributed by atoms with van der Waals surface area (Å²) in [5.74, 6) is -0.195. The standard InChI is InChI=1S/C11H14BrClFN/c12-9-7-11(14)8(6-10(9)13)4-2-1-3-5-15/h6-7H,1-5,15H2. The Bertz CT molecular complexity index is 331. The monoisotopic (exact) mass is 293 g/mol. The lowest BCUT2D eigenvalue weighted by atomic mass is 10.1. The van der Waals surface area contributed by atoms with E-state index < -0.39 is 0 Å². The number of nitrogens with two attached hydrogens (primary N) is 1. The van der Waals surface area contributed by atoms with Crippen molar-refractivity contribution < 1.29 is 4.39 Å². The molecule has 0 spiro atoms. The molecule has 0 aromatic heterocycles. The summed E-state index contributed by atoms with van der Waals surface area (Å²) in [4.78, 5) is 0. The maximum atomic E-state index is 13.4. The van der Waals surface area contributed by atoms with Crippen LogP contribution in [0.1, 0.15) is 24.8 Å². The first-order valence-electron chi connectivity index (χ1n) is 4.98. The fourth-order valence-electron chi connectivity index (χ4n) is 1.39. The van der Waals surface area contributed by atoms with E-state index in [1.165, 1.54) is 6.07 Å². The first kappa shape index (κ1) is 12.9. The van der Waals surface area contributed by atoms with Crippen molar-refractivity contribution in [3.63, 3.8) is 0 Å². The van der Waals surface area contributed by atoms with Gasteiger partial charge in [0.2, 0.25) is 0 Å². The first-order chi connectivity index (χ1) is 7.15. The molecule has 4 heteroatoms. The summed E-state index contributed by atoms with van der Waals surface area (Å²) in [5, 5.41) is 0.560. The SMILES string of the molecule is NCCCCCc1cc(Cl)c(Br)cc1F. The topological polar surface area (TPSA) is 26.0 Å². The molecule has 0 unspecified atom stereocenters. The molecule has 0 bridgehead atoms. The van der Waals surface area contributed by atoms with E-state index in [0.717, 1.165) is 25.7 Å². The molecular weight excluding hydrogens is 280 g/mol. The van der Waals surface area contributed by atoms with E-state index in [-0.39, 0.29) is 5.82 Å². The van der Waals surface area contributed by atoms with Crippen LogP contribution in [0.4, 0.5) is 4.39 Å². The van der Waals surface area contributed by atoms with E-state index in [1.807, 2.05) is 0 Å². The minimum Gasteiger partial charge on any atom is -0.330 e. The maximum Gasteiger partial charge on any atom is 0.127 e. The smallest absolute Gasteiger partial charge is 0.127 e. The van der Waals surface area contributed by atoms with Gasteiger partial charge in [-0.3, -0.25) is 0 Å². The third-order valence-corrected chi connectivity index (χ3v) is 3.44. The number of aryl methyl sites for hydroxylation is 1. The number of unbranched alkanes of at least 4 members (excludes halogenated alkanes) is 2. The van der Waals surface area contributed by atoms with Gasteiger partial charge in [-0.2, -0.15) is 0 Å². The quantitative estimate of drug-likeness (QED) is 0.646. The minimum atomic E-state index is -0.195. The molecule has 0 saturated carbocycles. The molecule has 1 rings (SSSR count). The van der Waals surface area contributed by atoms with Crippen molar-refractivity contribution in [3.05, 3.63) is 33.0 Å². The Morgan fingerprint density at radius 3 is 2.67 bits per heavy atom. The number of hydrogen-bond acceptors (Lipinski definition) is 1. The zero-order valence-corrected chi connectivity index (χ0v) is 10.7. The molecular formula is C11H14BrClFN. The van der Waals surface area contributed by atoms with Crippen molar-refractivity contribution in [3.8, 4) is 0 Å². The zero-order valence-electron chi connectivity index (χ0n) is 8.40. The molecule has 0 aliphatic carbocycles. The van der Waals surface area contributed by atoms with Crippen molar-refractivity contribution in [1.29, 1.82) is 0 Å². The van der Waals surface area contributed by atoms with Gasteiger partial charge in [0.05, 0.1) is 5.02 Å². The molecule has 0 heterocycles. The lowest BCUT2D eigenvalue weighted by Crippen LogP contribution is -1.99. The largest absolute Gasteiger partial charge is 0.330 e. The van der Waals surface area contributed by atoms with Gasteiger partial charge in [0.25, 0.3) is 0 Å². The Kier molecular flexibility index (Phi) is 5.58. The fraction of sp³-hybridized carbons (Fsp3) is 0.455. The summed E-state index contributed by atoms with van der Waals surface area (Å²) < 4.78 is 14.0. The Morgan fingerprint density at radius 1 is 1.27 bits per heavy atom. The van der Waals surface area contributed by atoms with Crippen molar-refractivity contribution in [2.24, 2.45) is 5.73 Å². The highest BCUT2D eigenvalue weighted by atomic mass is 79.9. The third kappa shape index (κ3) is 4.09. The summed E-state index contributed by atoms with van der Waals surface area (Å²) >= 11 is 9.08. The fourth-order valence-corrected chi connectivity index (χ4v) is 1.89. The molecule has 2 N–H and O–H groups in total. The number of benzene rings is 1. The molecule has 1 aromatic rings. The second-order valence-electron chi connectivity index (χ2n) is 3.46. The van der Waals surface area contributed by atoms with E-state index in [0.29, 0.717) is 21.6 Å². The van der Waals surface area contributed by atoms with Gasteiger partial charge < -0.3 is 5.73 Å². The average molecular weight is 295 g/mol. The Hall–Kier alpha value is -0.120. The lowest BCUT2D eigenvalue weighted by molar-refractivity contribution is 0.595. The van der Waals surface area contributed by atoms with Crippen molar-refractivity contribution in [1.82, 2.24) is 0 Å². The van der Waals surface area contributed by atoms with Crippen molar-refractivity contribution >= 4 is 27.5 Å². The van der Waals surface area contributed by atoms with Crippen LogP contribution < -0.4 is 5.73 Å². The van der Waals surface area contributed by atoms with Gasteiger partial charge in [-0.1, -0.05) is 18.0 Å². The van der Waals surface area contributed by atoms with Crippen LogP contribution in [-0.2, 0) is 6.42 Å². The van der Waals surface area contributed by atoms with E-state index in [2.05, 4.69) is 15.9 Å². The molecule has 1 nitrogen and oxygen atoms in total. The van der Waals surface area contributed by atoms with Gasteiger partial charge in [-0.15, -0.1) is 0 Å². The van der Waals surface area contributed by atoms with Gasteiger partial charge in [0.15, 0.2) is 0 Å². The summed E-state index contributed by atoms with van der Waals surface area (Å²) in [5.41, 5.74) is 6.06. The predicted octanol–water partition coefficient (Wildman–Crippen LogP) is 3.91. The second kappa shape index (κ2) is 6.46. The molecule has 0 amide bonds. The van der Waals surface area contributed by atoms with Gasteiger partial charge in [-0.25, -0.2) is 4.39 Å². The highest BCUT2D eigenvalue weighted by Crippen LogP contribution is 2.26. The molecule has 84 valence electrons. The van der Waals surface area contributed by atoms with Gasteiger partial charge in [0.1, 0.15) is 5.82 Å². The van der Waals surface area contributed by atoms with Crippen molar-refractivity contribution in [2.45, 2.75) is 25.7 Å². The van der Waals surface area contributed by atoms with Crippen LogP contribution in [0, 0.1) is 5.82 Å². The summed E-state index contributed by atoms with van der Waals surface area (Å²) in [6.07, 6.45) is 3.69. The molecule has 0 radical (unpaired) electrons. The lowest BCUT2D eigenvalue weighted by Gasteiger charge is -2.05. The zero-order chi connectivity index (χ0) is 11.3. The van der Waals surface area contributed by atoms with Gasteiger partial charge in [0, 0.05) is 4.47 Å². The maximum absolute atomic E-state index is 13.4. The average Bonchev–Trinajstić information content (AvgIpc) is 2.20. The van der Waals surface area contributed by atoms with Crippen molar-refractivity contribution in [2.75, 3.05) is 6.54 Å². The predicted molar refractivity (Wildman–Crippen MR) is 65.7 cm³/mol. The van der Waals surface area contributed by atoms with E-state index >= 15 is 0 Å². The summed E-state index contributed by atoms with van der Waals surface area (Å²) in [6.45, 7) is 0.698. The molecule has 0 saturated heterocycles. The molecule has 1 aromatic carbocycles. The minimum absolute atomic E-state index is 0.195. The highest BCUT2D eigenvalue weighted by molar-refractivity contribution is 9.10. The van der Waals surface area contributed by atoms with Crippen LogP contribution >= 0.6 is 27.5 Å². The van der Waals surface area contributed by atoms with E-state index in [4.69, 9.17) is 17.3 Å². The summed E-state index contributed by atoms with van der Waals surface area (Å²) in [6, 6.07) is 3.10. The van der Waals surface area contributed by atoms with E-state index in [1.54, 1.807) is 6.07 Å². The van der Waals surface area contributed by atoms with Crippen LogP contribution in [0.3, 0.4) is 0 Å². The first-order valence-corrected chi connectivity index (χ1v) is 6.15. The van der Waals surface area contributed by atoms with Crippen LogP contribution in [0.15, 0.2) is 16.6 Å². The number of rotatable bonds is 5. The van der Waals surface area contributed by atoms with Gasteiger partial charge in [-0.05, 0) is 59.4 Å². The van der Waals surface area contributed by atoms with Crippen LogP contribution in [-0.4, -0.2) is 6.54 Å². The molecule has 0 aliphatic rings. The Labute approximate surface area is 103 Å². The third-order valence-electron chi connectivity index (χ3n) is 2.24. The molecule has 15 heavy (non-hydrogen) atoms. The molecule has 0 aliphatic heterocycles. The number of halogens is 3. The second-order valence-corrected chi connectivity index (χ2v) is 4.72. The van der Waals surface area contributed by atoms with E-state index in [9.17, 15) is 4.39 Å². The Morgan fingerprint density at radius 2 is 2.00 bits per heavy atom. The number of hydrogen-bond donors (Lipinski definition) is 1. The van der Waals surface area contributed by atoms with Crippen LogP contribution in [0.5, 0.6) is 0 Å². The van der Waals surface area contributed by atoms with Crippen LogP contribution in [0.2, 0.25) is 5.02 Å². The molecule has 0 fully saturated rings.